The first-order valence-electron chi connectivity index (χ1n) is 9.46. The minimum Gasteiger partial charge on any atom is -0.486 e. The van der Waals surface area contributed by atoms with Crippen molar-refractivity contribution in [2.45, 2.75) is 38.1 Å². The maximum atomic E-state index is 12.2. The van der Waals surface area contributed by atoms with E-state index in [0.717, 1.165) is 30.6 Å². The van der Waals surface area contributed by atoms with E-state index in [1.807, 2.05) is 18.2 Å². The van der Waals surface area contributed by atoms with Crippen molar-refractivity contribution < 1.29 is 14.3 Å². The molecule has 2 amide bonds. The van der Waals surface area contributed by atoms with Crippen LogP contribution in [0.2, 0.25) is 0 Å². The third kappa shape index (κ3) is 4.00. The molecule has 1 aliphatic carbocycles. The van der Waals surface area contributed by atoms with Crippen LogP contribution in [0.15, 0.2) is 18.2 Å². The van der Waals surface area contributed by atoms with Gasteiger partial charge in [-0.05, 0) is 43.9 Å². The number of ether oxygens (including phenoxy) is 2. The SMILES string of the molecule is O=C(NC[C@@H]1CCN(C2CCCC2)C1)Nc1ccc2c(c1)OCCO2. The average molecular weight is 345 g/mol. The van der Waals surface area contributed by atoms with Crippen LogP contribution < -0.4 is 20.1 Å². The summed E-state index contributed by atoms with van der Waals surface area (Å²) in [5.41, 5.74) is 0.723. The summed E-state index contributed by atoms with van der Waals surface area (Å²) in [6, 6.07) is 6.11. The van der Waals surface area contributed by atoms with Crippen LogP contribution in [0.5, 0.6) is 11.5 Å². The molecular weight excluding hydrogens is 318 g/mol. The van der Waals surface area contributed by atoms with Gasteiger partial charge in [-0.2, -0.15) is 0 Å². The number of benzene rings is 1. The number of amides is 2. The molecule has 2 aliphatic heterocycles. The molecule has 25 heavy (non-hydrogen) atoms. The molecule has 6 nitrogen and oxygen atoms in total. The third-order valence-corrected chi connectivity index (χ3v) is 5.51. The van der Waals surface area contributed by atoms with Gasteiger partial charge in [0, 0.05) is 30.9 Å². The first-order chi connectivity index (χ1) is 12.3. The molecule has 2 fully saturated rings. The van der Waals surface area contributed by atoms with Gasteiger partial charge >= 0.3 is 6.03 Å². The van der Waals surface area contributed by atoms with Gasteiger partial charge in [0.15, 0.2) is 11.5 Å². The zero-order valence-corrected chi connectivity index (χ0v) is 14.6. The molecule has 0 spiro atoms. The summed E-state index contributed by atoms with van der Waals surface area (Å²) in [5.74, 6) is 1.98. The Labute approximate surface area is 148 Å². The number of hydrogen-bond acceptors (Lipinski definition) is 4. The number of nitrogens with zero attached hydrogens (tertiary/aromatic N) is 1. The Morgan fingerprint density at radius 2 is 1.92 bits per heavy atom. The standard InChI is InChI=1S/C19H27N3O3/c23-19(21-15-5-6-17-18(11-15)25-10-9-24-17)20-12-14-7-8-22(13-14)16-3-1-2-4-16/h5-6,11,14,16H,1-4,7-10,12-13H2,(H2,20,21,23)/t14-/m0/s1. The van der Waals surface area contributed by atoms with E-state index in [1.54, 1.807) is 0 Å². The molecule has 2 heterocycles. The normalized spacial score (nSPS) is 23.6. The van der Waals surface area contributed by atoms with E-state index in [9.17, 15) is 4.79 Å². The van der Waals surface area contributed by atoms with E-state index in [-0.39, 0.29) is 6.03 Å². The maximum Gasteiger partial charge on any atom is 0.319 e. The minimum atomic E-state index is -0.156. The fourth-order valence-electron chi connectivity index (χ4n) is 4.16. The Balaban J connectivity index is 1.23. The monoisotopic (exact) mass is 345 g/mol. The average Bonchev–Trinajstić information content (AvgIpc) is 3.31. The molecular formula is C19H27N3O3. The molecule has 0 aromatic heterocycles. The van der Waals surface area contributed by atoms with Crippen LogP contribution in [0.25, 0.3) is 0 Å². The van der Waals surface area contributed by atoms with Crippen molar-refractivity contribution in [3.8, 4) is 11.5 Å². The smallest absolute Gasteiger partial charge is 0.319 e. The van der Waals surface area contributed by atoms with Crippen molar-refractivity contribution >= 4 is 11.7 Å². The third-order valence-electron chi connectivity index (χ3n) is 5.51. The number of anilines is 1. The number of fused-ring (bicyclic) bond motifs is 1. The van der Waals surface area contributed by atoms with Gasteiger partial charge in [-0.1, -0.05) is 12.8 Å². The first kappa shape index (κ1) is 16.5. The number of carbonyl (C=O) groups excluding carboxylic acids is 1. The molecule has 1 saturated heterocycles. The molecule has 1 aromatic rings. The Hall–Kier alpha value is -1.95. The topological polar surface area (TPSA) is 62.8 Å². The lowest BCUT2D eigenvalue weighted by molar-refractivity contribution is 0.171. The Bertz CT molecular complexity index is 616. The predicted molar refractivity (Wildman–Crippen MR) is 96.4 cm³/mol. The Morgan fingerprint density at radius 3 is 2.76 bits per heavy atom. The summed E-state index contributed by atoms with van der Waals surface area (Å²) in [6.45, 7) is 4.15. The molecule has 1 saturated carbocycles. The quantitative estimate of drug-likeness (QED) is 0.881. The Morgan fingerprint density at radius 1 is 1.12 bits per heavy atom. The predicted octanol–water partition coefficient (Wildman–Crippen LogP) is 2.84. The van der Waals surface area contributed by atoms with Crippen molar-refractivity contribution in [1.82, 2.24) is 10.2 Å². The molecule has 1 aromatic carbocycles. The van der Waals surface area contributed by atoms with E-state index >= 15 is 0 Å². The van der Waals surface area contributed by atoms with Crippen LogP contribution >= 0.6 is 0 Å². The number of likely N-dealkylation sites (tertiary alicyclic amines) is 1. The molecule has 4 rings (SSSR count). The van der Waals surface area contributed by atoms with E-state index in [4.69, 9.17) is 9.47 Å². The summed E-state index contributed by atoms with van der Waals surface area (Å²) in [5, 5.41) is 5.90. The number of carbonyl (C=O) groups is 1. The molecule has 2 N–H and O–H groups in total. The van der Waals surface area contributed by atoms with Crippen molar-refractivity contribution in [3.63, 3.8) is 0 Å². The largest absolute Gasteiger partial charge is 0.486 e. The van der Waals surface area contributed by atoms with Crippen molar-refractivity contribution in [2.75, 3.05) is 38.2 Å². The van der Waals surface area contributed by atoms with E-state index in [1.165, 1.54) is 38.6 Å². The van der Waals surface area contributed by atoms with Gasteiger partial charge in [0.1, 0.15) is 13.2 Å². The summed E-state index contributed by atoms with van der Waals surface area (Å²) >= 11 is 0. The van der Waals surface area contributed by atoms with E-state index in [2.05, 4.69) is 15.5 Å². The summed E-state index contributed by atoms with van der Waals surface area (Å²) < 4.78 is 11.0. The summed E-state index contributed by atoms with van der Waals surface area (Å²) in [4.78, 5) is 14.8. The number of nitrogens with one attached hydrogen (secondary N) is 2. The first-order valence-corrected chi connectivity index (χ1v) is 9.46. The highest BCUT2D eigenvalue weighted by molar-refractivity contribution is 5.89. The van der Waals surface area contributed by atoms with Crippen LogP contribution in [0, 0.1) is 5.92 Å². The fraction of sp³-hybridized carbons (Fsp3) is 0.632. The number of hydrogen-bond donors (Lipinski definition) is 2. The van der Waals surface area contributed by atoms with Gasteiger partial charge < -0.3 is 25.0 Å². The second-order valence-electron chi connectivity index (χ2n) is 7.28. The van der Waals surface area contributed by atoms with E-state index in [0.29, 0.717) is 24.9 Å². The van der Waals surface area contributed by atoms with Gasteiger partial charge in [0.25, 0.3) is 0 Å². The Kier molecular flexibility index (Phi) is 4.97. The van der Waals surface area contributed by atoms with Gasteiger partial charge in [-0.3, -0.25) is 0 Å². The number of rotatable bonds is 4. The summed E-state index contributed by atoms with van der Waals surface area (Å²) in [7, 11) is 0. The molecule has 0 radical (unpaired) electrons. The second-order valence-corrected chi connectivity index (χ2v) is 7.28. The second kappa shape index (κ2) is 7.52. The summed E-state index contributed by atoms with van der Waals surface area (Å²) in [6.07, 6.45) is 6.64. The van der Waals surface area contributed by atoms with Gasteiger partial charge in [-0.15, -0.1) is 0 Å². The highest BCUT2D eigenvalue weighted by atomic mass is 16.6. The lowest BCUT2D eigenvalue weighted by Crippen LogP contribution is -2.35. The lowest BCUT2D eigenvalue weighted by atomic mass is 10.1. The van der Waals surface area contributed by atoms with E-state index < -0.39 is 0 Å². The minimum absolute atomic E-state index is 0.156. The van der Waals surface area contributed by atoms with Crippen LogP contribution in [0.3, 0.4) is 0 Å². The van der Waals surface area contributed by atoms with Crippen molar-refractivity contribution in [2.24, 2.45) is 5.92 Å². The zero-order valence-electron chi connectivity index (χ0n) is 14.6. The number of urea groups is 1. The van der Waals surface area contributed by atoms with Crippen LogP contribution in [0.1, 0.15) is 32.1 Å². The van der Waals surface area contributed by atoms with Gasteiger partial charge in [0.2, 0.25) is 0 Å². The molecule has 0 unspecified atom stereocenters. The molecule has 136 valence electrons. The fourth-order valence-corrected chi connectivity index (χ4v) is 4.16. The van der Waals surface area contributed by atoms with Crippen molar-refractivity contribution in [3.05, 3.63) is 18.2 Å². The lowest BCUT2D eigenvalue weighted by Gasteiger charge is -2.23. The highest BCUT2D eigenvalue weighted by Crippen LogP contribution is 2.32. The van der Waals surface area contributed by atoms with Crippen LogP contribution in [-0.2, 0) is 0 Å². The molecule has 1 atom stereocenters. The zero-order chi connectivity index (χ0) is 17.1. The van der Waals surface area contributed by atoms with Crippen LogP contribution in [-0.4, -0.2) is 49.8 Å². The molecule has 3 aliphatic rings. The van der Waals surface area contributed by atoms with Gasteiger partial charge in [0.05, 0.1) is 0 Å². The molecule has 0 bridgehead atoms. The van der Waals surface area contributed by atoms with Crippen LogP contribution in [0.4, 0.5) is 10.5 Å². The van der Waals surface area contributed by atoms with Crippen molar-refractivity contribution in [1.29, 1.82) is 0 Å². The molecule has 6 heteroatoms. The highest BCUT2D eigenvalue weighted by Gasteiger charge is 2.29. The van der Waals surface area contributed by atoms with Gasteiger partial charge in [-0.25, -0.2) is 4.79 Å². The maximum absolute atomic E-state index is 12.2.